The number of hydrogen-bond acceptors (Lipinski definition) is 1. The van der Waals surface area contributed by atoms with Crippen LogP contribution in [0, 0.1) is 0 Å². The first-order chi connectivity index (χ1) is 27.3. The van der Waals surface area contributed by atoms with Gasteiger partial charge in [0.15, 0.2) is 0 Å². The fourth-order valence-electron chi connectivity index (χ4n) is 10.1. The predicted molar refractivity (Wildman–Crippen MR) is 229 cm³/mol. The summed E-state index contributed by atoms with van der Waals surface area (Å²) in [7, 11) is 0. The Kier molecular flexibility index (Phi) is 6.29. The van der Waals surface area contributed by atoms with Gasteiger partial charge in [0.1, 0.15) is 0 Å². The quantitative estimate of drug-likeness (QED) is 0.178. The molecule has 1 spiro atoms. The van der Waals surface area contributed by atoms with E-state index in [2.05, 4.69) is 216 Å². The van der Waals surface area contributed by atoms with Gasteiger partial charge in [0.2, 0.25) is 0 Å². The normalized spacial score (nSPS) is 13.2. The lowest BCUT2D eigenvalue weighted by Crippen LogP contribution is -2.26. The Morgan fingerprint density at radius 1 is 0.364 bits per heavy atom. The summed E-state index contributed by atoms with van der Waals surface area (Å²) in [5, 5.41) is 4.90. The van der Waals surface area contributed by atoms with Crippen LogP contribution in [0.15, 0.2) is 206 Å². The van der Waals surface area contributed by atoms with Crippen molar-refractivity contribution in [2.24, 2.45) is 0 Å². The topological polar surface area (TPSA) is 8.17 Å². The molecule has 2 aliphatic rings. The molecule has 0 saturated heterocycles. The van der Waals surface area contributed by atoms with Gasteiger partial charge < -0.3 is 9.47 Å². The van der Waals surface area contributed by atoms with Gasteiger partial charge in [0.05, 0.1) is 27.8 Å². The van der Waals surface area contributed by atoms with Crippen molar-refractivity contribution in [2.75, 3.05) is 4.90 Å². The molecule has 0 amide bonds. The van der Waals surface area contributed by atoms with E-state index in [4.69, 9.17) is 0 Å². The molecular formula is C53H34N2. The smallest absolute Gasteiger partial charge is 0.0726 e. The SMILES string of the molecule is c1ccc(-n2c3ccccc3c3cc(N(c4cccc5c4-c4ccccc4C54c5ccccc5-c5ccccc54)c4cccc5ccccc45)ccc32)cc1. The van der Waals surface area contributed by atoms with E-state index in [1.54, 1.807) is 0 Å². The third kappa shape index (κ3) is 4.03. The molecule has 2 heteroatoms. The second-order valence-electron chi connectivity index (χ2n) is 14.8. The molecule has 0 atom stereocenters. The minimum atomic E-state index is -0.424. The van der Waals surface area contributed by atoms with Crippen LogP contribution in [0.2, 0.25) is 0 Å². The number of para-hydroxylation sites is 2. The van der Waals surface area contributed by atoms with Gasteiger partial charge in [-0.1, -0.05) is 158 Å². The molecule has 0 bridgehead atoms. The van der Waals surface area contributed by atoms with Gasteiger partial charge in [-0.15, -0.1) is 0 Å². The number of fused-ring (bicyclic) bond motifs is 14. The maximum atomic E-state index is 2.53. The standard InChI is InChI=1S/C53H34N2/c1-2-18-36(19-3-1)54-49-29-13-9-23-41(49)43-34-37(32-33-50(43)54)55(48-30-14-17-35-16-4-5-20-38(35)48)51-31-15-28-47-52(51)42-24-8-12-27-46(42)53(47)44-25-10-6-21-39(44)40-22-7-11-26-45(40)53/h1-34H. The number of rotatable bonds is 4. The summed E-state index contributed by atoms with van der Waals surface area (Å²) in [6.45, 7) is 0. The lowest BCUT2D eigenvalue weighted by atomic mass is 9.70. The highest BCUT2D eigenvalue weighted by Gasteiger charge is 2.52. The first kappa shape index (κ1) is 30.3. The monoisotopic (exact) mass is 698 g/mol. The lowest BCUT2D eigenvalue weighted by Gasteiger charge is -2.32. The highest BCUT2D eigenvalue weighted by Crippen LogP contribution is 2.64. The Labute approximate surface area is 319 Å². The molecule has 12 rings (SSSR count). The van der Waals surface area contributed by atoms with Crippen molar-refractivity contribution in [2.45, 2.75) is 5.41 Å². The first-order valence-electron chi connectivity index (χ1n) is 19.1. The molecule has 0 saturated carbocycles. The van der Waals surface area contributed by atoms with Gasteiger partial charge >= 0.3 is 0 Å². The minimum absolute atomic E-state index is 0.424. The Morgan fingerprint density at radius 3 is 1.69 bits per heavy atom. The van der Waals surface area contributed by atoms with Crippen molar-refractivity contribution in [3.8, 4) is 27.9 Å². The maximum absolute atomic E-state index is 2.53. The van der Waals surface area contributed by atoms with Crippen LogP contribution in [0.3, 0.4) is 0 Å². The van der Waals surface area contributed by atoms with E-state index in [1.165, 1.54) is 82.8 Å². The van der Waals surface area contributed by atoms with Crippen LogP contribution in [0.4, 0.5) is 17.1 Å². The Balaban J connectivity index is 1.19. The van der Waals surface area contributed by atoms with E-state index in [0.717, 1.165) is 17.1 Å². The van der Waals surface area contributed by atoms with Crippen molar-refractivity contribution in [1.29, 1.82) is 0 Å². The van der Waals surface area contributed by atoms with Crippen LogP contribution in [-0.4, -0.2) is 4.57 Å². The maximum Gasteiger partial charge on any atom is 0.0726 e. The Morgan fingerprint density at radius 2 is 0.909 bits per heavy atom. The average molecular weight is 699 g/mol. The van der Waals surface area contributed by atoms with Gasteiger partial charge in [0, 0.05) is 33.1 Å². The average Bonchev–Trinajstić information content (AvgIpc) is 3.86. The first-order valence-corrected chi connectivity index (χ1v) is 19.1. The van der Waals surface area contributed by atoms with Gasteiger partial charge in [-0.25, -0.2) is 0 Å². The number of nitrogens with zero attached hydrogens (tertiary/aromatic N) is 2. The van der Waals surface area contributed by atoms with Crippen molar-refractivity contribution in [3.05, 3.63) is 229 Å². The molecule has 0 unspecified atom stereocenters. The van der Waals surface area contributed by atoms with Gasteiger partial charge in [-0.05, 0) is 92.9 Å². The summed E-state index contributed by atoms with van der Waals surface area (Å²) in [6.07, 6.45) is 0. The number of hydrogen-bond donors (Lipinski definition) is 0. The largest absolute Gasteiger partial charge is 0.309 e. The molecule has 0 radical (unpaired) electrons. The molecule has 256 valence electrons. The van der Waals surface area contributed by atoms with Crippen LogP contribution < -0.4 is 4.90 Å². The molecule has 2 nitrogen and oxygen atoms in total. The van der Waals surface area contributed by atoms with E-state index >= 15 is 0 Å². The zero-order valence-electron chi connectivity index (χ0n) is 30.0. The molecule has 0 N–H and O–H groups in total. The van der Waals surface area contributed by atoms with Crippen LogP contribution in [0.1, 0.15) is 22.3 Å². The van der Waals surface area contributed by atoms with Gasteiger partial charge in [-0.2, -0.15) is 0 Å². The van der Waals surface area contributed by atoms with Crippen molar-refractivity contribution in [1.82, 2.24) is 4.57 Å². The Bertz CT molecular complexity index is 3120. The molecule has 55 heavy (non-hydrogen) atoms. The highest BCUT2D eigenvalue weighted by atomic mass is 15.1. The molecular weight excluding hydrogens is 665 g/mol. The predicted octanol–water partition coefficient (Wildman–Crippen LogP) is 13.8. The van der Waals surface area contributed by atoms with E-state index in [1.807, 2.05) is 0 Å². The van der Waals surface area contributed by atoms with Crippen molar-refractivity contribution < 1.29 is 0 Å². The summed E-state index contributed by atoms with van der Waals surface area (Å²) in [6, 6.07) is 76.3. The van der Waals surface area contributed by atoms with Crippen LogP contribution in [-0.2, 0) is 5.41 Å². The molecule has 2 aliphatic carbocycles. The third-order valence-electron chi connectivity index (χ3n) is 12.2. The van der Waals surface area contributed by atoms with E-state index in [9.17, 15) is 0 Å². The number of anilines is 3. The second-order valence-corrected chi connectivity index (χ2v) is 14.8. The molecule has 0 fully saturated rings. The third-order valence-corrected chi connectivity index (χ3v) is 12.2. The minimum Gasteiger partial charge on any atom is -0.309 e. The lowest BCUT2D eigenvalue weighted by molar-refractivity contribution is 0.794. The molecule has 10 aromatic rings. The summed E-state index contributed by atoms with van der Waals surface area (Å²) in [4.78, 5) is 2.53. The van der Waals surface area contributed by atoms with Crippen LogP contribution >= 0.6 is 0 Å². The molecule has 0 aliphatic heterocycles. The van der Waals surface area contributed by atoms with E-state index < -0.39 is 5.41 Å². The molecule has 1 aromatic heterocycles. The summed E-state index contributed by atoms with van der Waals surface area (Å²) in [5.41, 5.74) is 17.2. The van der Waals surface area contributed by atoms with E-state index in [0.29, 0.717) is 0 Å². The second kappa shape index (κ2) is 11.4. The molecule has 9 aromatic carbocycles. The summed E-state index contributed by atoms with van der Waals surface area (Å²) in [5.74, 6) is 0. The van der Waals surface area contributed by atoms with Crippen LogP contribution in [0.5, 0.6) is 0 Å². The Hall–Kier alpha value is -7.16. The highest BCUT2D eigenvalue weighted by molar-refractivity contribution is 6.12. The summed E-state index contributed by atoms with van der Waals surface area (Å²) < 4.78 is 2.39. The van der Waals surface area contributed by atoms with E-state index in [-0.39, 0.29) is 0 Å². The van der Waals surface area contributed by atoms with Gasteiger partial charge in [0.25, 0.3) is 0 Å². The van der Waals surface area contributed by atoms with Crippen molar-refractivity contribution in [3.63, 3.8) is 0 Å². The van der Waals surface area contributed by atoms with Crippen molar-refractivity contribution >= 4 is 49.6 Å². The number of benzene rings is 9. The number of aromatic nitrogens is 1. The molecule has 1 heterocycles. The van der Waals surface area contributed by atoms with Gasteiger partial charge in [-0.3, -0.25) is 0 Å². The summed E-state index contributed by atoms with van der Waals surface area (Å²) >= 11 is 0. The van der Waals surface area contributed by atoms with Crippen LogP contribution in [0.25, 0.3) is 60.5 Å². The zero-order chi connectivity index (χ0) is 36.1. The zero-order valence-corrected chi connectivity index (χ0v) is 30.0. The fraction of sp³-hybridized carbons (Fsp3) is 0.0189. The fourth-order valence-corrected chi connectivity index (χ4v) is 10.1.